The van der Waals surface area contributed by atoms with Gasteiger partial charge in [0.05, 0.1) is 0 Å². The Morgan fingerprint density at radius 3 is 2.55 bits per heavy atom. The van der Waals surface area contributed by atoms with Crippen LogP contribution in [0.4, 0.5) is 0 Å². The number of nitrogens with zero attached hydrogens (tertiary/aromatic N) is 1. The summed E-state index contributed by atoms with van der Waals surface area (Å²) in [4.78, 5) is 2.61. The second-order valence-corrected chi connectivity index (χ2v) is 3.79. The number of hydrogen-bond donors (Lipinski definition) is 0. The summed E-state index contributed by atoms with van der Waals surface area (Å²) in [5.41, 5.74) is 0. The third-order valence-electron chi connectivity index (χ3n) is 3.09. The fourth-order valence-electron chi connectivity index (χ4n) is 2.04. The molecule has 0 aliphatic carbocycles. The summed E-state index contributed by atoms with van der Waals surface area (Å²) < 4.78 is 0. The van der Waals surface area contributed by atoms with Crippen molar-refractivity contribution in [2.45, 2.75) is 46.1 Å². The molecule has 0 radical (unpaired) electrons. The van der Waals surface area contributed by atoms with Gasteiger partial charge in [0.1, 0.15) is 0 Å². The molecule has 1 nitrogen and oxygen atoms in total. The van der Waals surface area contributed by atoms with Gasteiger partial charge in [-0.15, -0.1) is 0 Å². The summed E-state index contributed by atoms with van der Waals surface area (Å²) in [7, 11) is 0. The van der Waals surface area contributed by atoms with Crippen LogP contribution in [-0.2, 0) is 0 Å². The Morgan fingerprint density at radius 1 is 1.27 bits per heavy atom. The number of rotatable bonds is 2. The fraction of sp³-hybridized carbons (Fsp3) is 1.00. The third-order valence-corrected chi connectivity index (χ3v) is 3.09. The molecule has 1 aliphatic heterocycles. The Bertz CT molecular complexity index is 111. The van der Waals surface area contributed by atoms with Crippen molar-refractivity contribution >= 4 is 0 Å². The van der Waals surface area contributed by atoms with Crippen LogP contribution in [-0.4, -0.2) is 24.0 Å². The molecule has 1 rings (SSSR count). The van der Waals surface area contributed by atoms with Crippen LogP contribution in [0.5, 0.6) is 0 Å². The Balaban J connectivity index is 2.37. The molecule has 0 spiro atoms. The predicted molar refractivity (Wildman–Crippen MR) is 49.7 cm³/mol. The molecule has 1 saturated heterocycles. The van der Waals surface area contributed by atoms with Gasteiger partial charge in [-0.25, -0.2) is 0 Å². The van der Waals surface area contributed by atoms with E-state index < -0.39 is 0 Å². The van der Waals surface area contributed by atoms with Crippen LogP contribution in [0.2, 0.25) is 0 Å². The van der Waals surface area contributed by atoms with Crippen molar-refractivity contribution < 1.29 is 0 Å². The number of hydrogen-bond acceptors (Lipinski definition) is 1. The second-order valence-electron chi connectivity index (χ2n) is 3.79. The predicted octanol–water partition coefficient (Wildman–Crippen LogP) is 2.52. The van der Waals surface area contributed by atoms with Gasteiger partial charge < -0.3 is 4.90 Å². The Labute approximate surface area is 70.8 Å². The van der Waals surface area contributed by atoms with E-state index >= 15 is 0 Å². The second kappa shape index (κ2) is 4.10. The van der Waals surface area contributed by atoms with E-state index in [9.17, 15) is 0 Å². The molecular formula is C10H21N. The minimum absolute atomic E-state index is 0.836. The highest BCUT2D eigenvalue weighted by Crippen LogP contribution is 2.23. The van der Waals surface area contributed by atoms with Crippen molar-refractivity contribution in [3.63, 3.8) is 0 Å². The monoisotopic (exact) mass is 155 g/mol. The number of piperidine rings is 1. The van der Waals surface area contributed by atoms with E-state index in [4.69, 9.17) is 0 Å². The van der Waals surface area contributed by atoms with Crippen LogP contribution >= 0.6 is 0 Å². The van der Waals surface area contributed by atoms with Crippen LogP contribution < -0.4 is 0 Å². The zero-order chi connectivity index (χ0) is 8.27. The van der Waals surface area contributed by atoms with Crippen LogP contribution in [0.15, 0.2) is 0 Å². The lowest BCUT2D eigenvalue weighted by Crippen LogP contribution is -2.41. The van der Waals surface area contributed by atoms with Crippen molar-refractivity contribution in [1.29, 1.82) is 0 Å². The van der Waals surface area contributed by atoms with Gasteiger partial charge in [0.2, 0.25) is 0 Å². The molecule has 2 unspecified atom stereocenters. The lowest BCUT2D eigenvalue weighted by Gasteiger charge is -2.36. The summed E-state index contributed by atoms with van der Waals surface area (Å²) >= 11 is 0. The largest absolute Gasteiger partial charge is 0.301 e. The number of likely N-dealkylation sites (tertiary alicyclic amines) is 1. The summed E-state index contributed by atoms with van der Waals surface area (Å²) in [5.74, 6) is 0.978. The molecule has 1 fully saturated rings. The van der Waals surface area contributed by atoms with Crippen molar-refractivity contribution in [2.75, 3.05) is 13.1 Å². The zero-order valence-electron chi connectivity index (χ0n) is 8.14. The molecule has 0 N–H and O–H groups in total. The highest BCUT2D eigenvalue weighted by Gasteiger charge is 2.22. The minimum atomic E-state index is 0.836. The van der Waals surface area contributed by atoms with Crippen LogP contribution in [0, 0.1) is 5.92 Å². The first-order valence-electron chi connectivity index (χ1n) is 5.02. The molecule has 11 heavy (non-hydrogen) atoms. The van der Waals surface area contributed by atoms with E-state index in [0.717, 1.165) is 12.0 Å². The first-order chi connectivity index (χ1) is 5.27. The average molecular weight is 155 g/mol. The SMILES string of the molecule is CCC1CCC(C)N(CC)C1. The topological polar surface area (TPSA) is 3.24 Å². The average Bonchev–Trinajstić information content (AvgIpc) is 2.05. The first-order valence-corrected chi connectivity index (χ1v) is 5.02. The van der Waals surface area contributed by atoms with Gasteiger partial charge in [-0.3, -0.25) is 0 Å². The van der Waals surface area contributed by atoms with Crippen molar-refractivity contribution in [3.8, 4) is 0 Å². The van der Waals surface area contributed by atoms with Crippen molar-refractivity contribution in [1.82, 2.24) is 4.90 Å². The first kappa shape index (κ1) is 9.05. The van der Waals surface area contributed by atoms with Gasteiger partial charge in [0, 0.05) is 12.6 Å². The molecule has 1 heterocycles. The maximum atomic E-state index is 2.61. The normalized spacial score (nSPS) is 34.1. The summed E-state index contributed by atoms with van der Waals surface area (Å²) in [6.45, 7) is 9.52. The van der Waals surface area contributed by atoms with E-state index in [-0.39, 0.29) is 0 Å². The molecule has 66 valence electrons. The maximum absolute atomic E-state index is 2.61. The summed E-state index contributed by atoms with van der Waals surface area (Å²) in [5, 5.41) is 0. The standard InChI is InChI=1S/C10H21N/c1-4-10-7-6-9(3)11(5-2)8-10/h9-10H,4-8H2,1-3H3. The zero-order valence-corrected chi connectivity index (χ0v) is 8.14. The lowest BCUT2D eigenvalue weighted by molar-refractivity contribution is 0.122. The van der Waals surface area contributed by atoms with Gasteiger partial charge in [-0.2, -0.15) is 0 Å². The molecule has 0 aromatic carbocycles. The van der Waals surface area contributed by atoms with E-state index in [2.05, 4.69) is 25.7 Å². The molecule has 0 aromatic heterocycles. The molecule has 1 heteroatoms. The molecule has 1 aliphatic rings. The van der Waals surface area contributed by atoms with Gasteiger partial charge >= 0.3 is 0 Å². The molecular weight excluding hydrogens is 134 g/mol. The highest BCUT2D eigenvalue weighted by molar-refractivity contribution is 4.76. The van der Waals surface area contributed by atoms with Crippen LogP contribution in [0.1, 0.15) is 40.0 Å². The Kier molecular flexibility index (Phi) is 3.38. The fourth-order valence-corrected chi connectivity index (χ4v) is 2.04. The molecule has 0 amide bonds. The quantitative estimate of drug-likeness (QED) is 0.592. The van der Waals surface area contributed by atoms with E-state index in [0.29, 0.717) is 0 Å². The van der Waals surface area contributed by atoms with E-state index in [1.165, 1.54) is 32.4 Å². The van der Waals surface area contributed by atoms with Crippen molar-refractivity contribution in [3.05, 3.63) is 0 Å². The molecule has 2 atom stereocenters. The van der Waals surface area contributed by atoms with E-state index in [1.807, 2.05) is 0 Å². The minimum Gasteiger partial charge on any atom is -0.301 e. The summed E-state index contributed by atoms with van der Waals surface area (Å²) in [6.07, 6.45) is 4.23. The molecule has 0 bridgehead atoms. The van der Waals surface area contributed by atoms with Crippen LogP contribution in [0.25, 0.3) is 0 Å². The van der Waals surface area contributed by atoms with Gasteiger partial charge in [0.25, 0.3) is 0 Å². The maximum Gasteiger partial charge on any atom is 0.00670 e. The molecule has 0 saturated carbocycles. The smallest absolute Gasteiger partial charge is 0.00670 e. The van der Waals surface area contributed by atoms with Crippen molar-refractivity contribution in [2.24, 2.45) is 5.92 Å². The Morgan fingerprint density at radius 2 is 2.00 bits per heavy atom. The van der Waals surface area contributed by atoms with Gasteiger partial charge in [-0.05, 0) is 32.2 Å². The van der Waals surface area contributed by atoms with Crippen LogP contribution in [0.3, 0.4) is 0 Å². The lowest BCUT2D eigenvalue weighted by atomic mass is 9.92. The van der Waals surface area contributed by atoms with Gasteiger partial charge in [-0.1, -0.05) is 20.3 Å². The molecule has 0 aromatic rings. The third kappa shape index (κ3) is 2.19. The van der Waals surface area contributed by atoms with Gasteiger partial charge in [0.15, 0.2) is 0 Å². The van der Waals surface area contributed by atoms with E-state index in [1.54, 1.807) is 0 Å². The highest BCUT2D eigenvalue weighted by atomic mass is 15.2. The Hall–Kier alpha value is -0.0400. The summed E-state index contributed by atoms with van der Waals surface area (Å²) in [6, 6.07) is 0.836.